The highest BCUT2D eigenvalue weighted by Crippen LogP contribution is 2.24. The van der Waals surface area contributed by atoms with Crippen molar-refractivity contribution in [1.29, 1.82) is 0 Å². The van der Waals surface area contributed by atoms with Crippen LogP contribution in [0.25, 0.3) is 17.0 Å². The normalized spacial score (nSPS) is 11.3. The van der Waals surface area contributed by atoms with Gasteiger partial charge < -0.3 is 13.9 Å². The average Bonchev–Trinajstić information content (AvgIpc) is 2.66. The monoisotopic (exact) mass is 400 g/mol. The van der Waals surface area contributed by atoms with Crippen molar-refractivity contribution < 1.29 is 27.5 Å². The quantitative estimate of drug-likeness (QED) is 0.243. The zero-order valence-electron chi connectivity index (χ0n) is 15.6. The maximum Gasteiger partial charge on any atom is 0.387 e. The summed E-state index contributed by atoms with van der Waals surface area (Å²) >= 11 is 0. The number of fused-ring (bicyclic) bond motifs is 1. The van der Waals surface area contributed by atoms with E-state index in [4.69, 9.17) is 9.15 Å². The number of halogens is 2. The number of ether oxygens (including phenoxy) is 2. The minimum absolute atomic E-state index is 0.0533. The molecule has 0 atom stereocenters. The largest absolute Gasteiger partial charge is 0.434 e. The minimum Gasteiger partial charge on any atom is -0.434 e. The molecule has 0 bridgehead atoms. The fraction of sp³-hybridized carbons (Fsp3) is 0.182. The van der Waals surface area contributed by atoms with Crippen molar-refractivity contribution in [2.45, 2.75) is 26.4 Å². The van der Waals surface area contributed by atoms with E-state index in [1.807, 2.05) is 6.92 Å². The lowest BCUT2D eigenvalue weighted by Crippen LogP contribution is -2.05. The molecule has 2 aromatic carbocycles. The summed E-state index contributed by atoms with van der Waals surface area (Å²) in [6.07, 6.45) is 4.02. The second kappa shape index (κ2) is 9.14. The molecule has 0 radical (unpaired) electrons. The molecule has 0 fully saturated rings. The highest BCUT2D eigenvalue weighted by molar-refractivity contribution is 5.90. The topological polar surface area (TPSA) is 65.7 Å². The Kier molecular flexibility index (Phi) is 6.39. The first-order valence-electron chi connectivity index (χ1n) is 8.97. The van der Waals surface area contributed by atoms with Gasteiger partial charge in [-0.3, -0.25) is 0 Å². The van der Waals surface area contributed by atoms with Gasteiger partial charge in [-0.05, 0) is 36.3 Å². The van der Waals surface area contributed by atoms with Crippen LogP contribution in [-0.2, 0) is 11.2 Å². The van der Waals surface area contributed by atoms with Crippen molar-refractivity contribution in [3.8, 4) is 11.5 Å². The molecule has 3 rings (SSSR count). The van der Waals surface area contributed by atoms with Gasteiger partial charge in [-0.15, -0.1) is 0 Å². The Labute approximate surface area is 165 Å². The zero-order valence-corrected chi connectivity index (χ0v) is 15.6. The molecule has 3 aromatic rings. The van der Waals surface area contributed by atoms with E-state index in [0.29, 0.717) is 11.1 Å². The number of para-hydroxylation sites is 1. The van der Waals surface area contributed by atoms with Gasteiger partial charge in [0.25, 0.3) is 0 Å². The van der Waals surface area contributed by atoms with E-state index in [2.05, 4.69) is 4.74 Å². The molecule has 0 amide bonds. The van der Waals surface area contributed by atoms with Gasteiger partial charge in [-0.1, -0.05) is 31.5 Å². The Morgan fingerprint density at radius 3 is 2.72 bits per heavy atom. The standard InChI is InChI=1S/C22H18F2O5/c1-2-5-15-12-21(26)28-19-13-16(9-10-17(15)19)27-20(25)11-8-14-6-3-4-7-18(14)29-22(23)24/h3-4,6-13,22H,2,5H2,1H3/b11-8+. The maximum absolute atomic E-state index is 12.5. The maximum atomic E-state index is 12.5. The van der Waals surface area contributed by atoms with Gasteiger partial charge in [0.15, 0.2) is 0 Å². The molecular formula is C22H18F2O5. The van der Waals surface area contributed by atoms with Crippen LogP contribution in [0.3, 0.4) is 0 Å². The molecule has 0 N–H and O–H groups in total. The molecule has 1 heterocycles. The van der Waals surface area contributed by atoms with E-state index in [0.717, 1.165) is 29.9 Å². The zero-order chi connectivity index (χ0) is 20.8. The van der Waals surface area contributed by atoms with Gasteiger partial charge in [-0.25, -0.2) is 9.59 Å². The summed E-state index contributed by atoms with van der Waals surface area (Å²) in [6, 6.07) is 12.3. The summed E-state index contributed by atoms with van der Waals surface area (Å²) in [4.78, 5) is 23.8. The Balaban J connectivity index is 1.78. The van der Waals surface area contributed by atoms with E-state index in [-0.39, 0.29) is 11.5 Å². The number of carbonyl (C=O) groups excluding carboxylic acids is 1. The smallest absolute Gasteiger partial charge is 0.387 e. The van der Waals surface area contributed by atoms with Crippen molar-refractivity contribution in [3.63, 3.8) is 0 Å². The molecule has 0 saturated carbocycles. The average molecular weight is 400 g/mol. The van der Waals surface area contributed by atoms with Crippen LogP contribution in [0.4, 0.5) is 8.78 Å². The van der Waals surface area contributed by atoms with Crippen LogP contribution >= 0.6 is 0 Å². The van der Waals surface area contributed by atoms with Gasteiger partial charge in [0.2, 0.25) is 0 Å². The molecule has 1 aromatic heterocycles. The predicted molar refractivity (Wildman–Crippen MR) is 104 cm³/mol. The van der Waals surface area contributed by atoms with Crippen LogP contribution in [0.5, 0.6) is 11.5 Å². The molecule has 5 nitrogen and oxygen atoms in total. The highest BCUT2D eigenvalue weighted by Gasteiger charge is 2.10. The van der Waals surface area contributed by atoms with Gasteiger partial charge in [-0.2, -0.15) is 8.78 Å². The van der Waals surface area contributed by atoms with E-state index in [1.54, 1.807) is 24.3 Å². The van der Waals surface area contributed by atoms with Crippen LogP contribution in [0.15, 0.2) is 63.8 Å². The first kappa shape index (κ1) is 20.3. The number of hydrogen-bond acceptors (Lipinski definition) is 5. The number of benzene rings is 2. The van der Waals surface area contributed by atoms with Crippen molar-refractivity contribution in [3.05, 3.63) is 76.2 Å². The van der Waals surface area contributed by atoms with Crippen molar-refractivity contribution in [1.82, 2.24) is 0 Å². The molecule has 0 aliphatic heterocycles. The summed E-state index contributed by atoms with van der Waals surface area (Å²) in [7, 11) is 0. The number of hydrogen-bond donors (Lipinski definition) is 0. The summed E-state index contributed by atoms with van der Waals surface area (Å²) in [6.45, 7) is -0.964. The lowest BCUT2D eigenvalue weighted by Gasteiger charge is -2.07. The summed E-state index contributed by atoms with van der Waals surface area (Å²) in [5.74, 6) is -0.577. The lowest BCUT2D eigenvalue weighted by atomic mass is 10.1. The second-order valence-electron chi connectivity index (χ2n) is 6.17. The Morgan fingerprint density at radius 1 is 1.17 bits per heavy atom. The molecule has 7 heteroatoms. The number of alkyl halides is 2. The fourth-order valence-corrected chi connectivity index (χ4v) is 2.88. The Morgan fingerprint density at radius 2 is 1.97 bits per heavy atom. The third-order valence-corrected chi connectivity index (χ3v) is 4.07. The molecule has 0 aliphatic carbocycles. The van der Waals surface area contributed by atoms with Crippen LogP contribution < -0.4 is 15.1 Å². The number of rotatable bonds is 7. The Hall–Kier alpha value is -3.48. The molecule has 0 aliphatic rings. The SMILES string of the molecule is CCCc1cc(=O)oc2cc(OC(=O)/C=C/c3ccccc3OC(F)F)ccc12. The lowest BCUT2D eigenvalue weighted by molar-refractivity contribution is -0.128. The van der Waals surface area contributed by atoms with Crippen molar-refractivity contribution in [2.24, 2.45) is 0 Å². The fourth-order valence-electron chi connectivity index (χ4n) is 2.88. The third kappa shape index (κ3) is 5.28. The molecule has 29 heavy (non-hydrogen) atoms. The molecule has 0 spiro atoms. The van der Waals surface area contributed by atoms with Crippen LogP contribution in [0.2, 0.25) is 0 Å². The number of aryl methyl sites for hydroxylation is 1. The minimum atomic E-state index is -2.97. The van der Waals surface area contributed by atoms with Gasteiger partial charge >= 0.3 is 18.2 Å². The van der Waals surface area contributed by atoms with Crippen molar-refractivity contribution >= 4 is 23.0 Å². The summed E-state index contributed by atoms with van der Waals surface area (Å²) in [5.41, 5.74) is 1.02. The van der Waals surface area contributed by atoms with Gasteiger partial charge in [0.1, 0.15) is 17.1 Å². The second-order valence-corrected chi connectivity index (χ2v) is 6.17. The van der Waals surface area contributed by atoms with Crippen LogP contribution in [0, 0.1) is 0 Å². The summed E-state index contributed by atoms with van der Waals surface area (Å²) < 4.78 is 39.7. The van der Waals surface area contributed by atoms with E-state index < -0.39 is 18.2 Å². The van der Waals surface area contributed by atoms with E-state index >= 15 is 0 Å². The van der Waals surface area contributed by atoms with Crippen molar-refractivity contribution in [2.75, 3.05) is 0 Å². The number of carbonyl (C=O) groups is 1. The highest BCUT2D eigenvalue weighted by atomic mass is 19.3. The summed E-state index contributed by atoms with van der Waals surface area (Å²) in [5, 5.41) is 0.778. The van der Waals surface area contributed by atoms with Crippen LogP contribution in [-0.4, -0.2) is 12.6 Å². The molecule has 0 unspecified atom stereocenters. The third-order valence-electron chi connectivity index (χ3n) is 4.07. The number of esters is 1. The first-order valence-corrected chi connectivity index (χ1v) is 8.97. The van der Waals surface area contributed by atoms with Crippen LogP contribution in [0.1, 0.15) is 24.5 Å². The molecule has 0 saturated heterocycles. The first-order chi connectivity index (χ1) is 14.0. The van der Waals surface area contributed by atoms with E-state index in [9.17, 15) is 18.4 Å². The molecule has 150 valence electrons. The Bertz CT molecular complexity index is 1100. The van der Waals surface area contributed by atoms with E-state index in [1.165, 1.54) is 30.3 Å². The predicted octanol–water partition coefficient (Wildman–Crippen LogP) is 4.97. The van der Waals surface area contributed by atoms with Gasteiger partial charge in [0, 0.05) is 29.2 Å². The van der Waals surface area contributed by atoms with Gasteiger partial charge in [0.05, 0.1) is 0 Å². The molecular weight excluding hydrogens is 382 g/mol.